The van der Waals surface area contributed by atoms with E-state index in [2.05, 4.69) is 27.8 Å². The molecule has 1 heterocycles. The summed E-state index contributed by atoms with van der Waals surface area (Å²) in [5.41, 5.74) is 1.04. The number of carbonyl (C=O) groups is 1. The predicted octanol–water partition coefficient (Wildman–Crippen LogP) is 2.67. The van der Waals surface area contributed by atoms with Crippen molar-refractivity contribution in [3.05, 3.63) is 34.3 Å². The Morgan fingerprint density at radius 3 is 3.11 bits per heavy atom. The number of rotatable bonds is 5. The van der Waals surface area contributed by atoms with Crippen LogP contribution in [0.15, 0.2) is 28.7 Å². The van der Waals surface area contributed by atoms with E-state index < -0.39 is 0 Å². The van der Waals surface area contributed by atoms with E-state index in [9.17, 15) is 4.79 Å². The van der Waals surface area contributed by atoms with E-state index in [0.717, 1.165) is 36.1 Å². The number of morpholine rings is 1. The number of ether oxygens (including phenoxy) is 1. The quantitative estimate of drug-likeness (QED) is 0.833. The standard InChI is InChI=1S/C15H20BrNO2/c1-2-6-17-7-8-19-15(11-17)14(18)10-12-4-3-5-13(16)9-12/h3-5,9,15H,2,6-8,10-11H2,1H3. The van der Waals surface area contributed by atoms with Gasteiger partial charge >= 0.3 is 0 Å². The molecular formula is C15H20BrNO2. The normalized spacial score (nSPS) is 20.4. The highest BCUT2D eigenvalue weighted by molar-refractivity contribution is 9.10. The van der Waals surface area contributed by atoms with Gasteiger partial charge in [-0.1, -0.05) is 35.0 Å². The molecule has 3 nitrogen and oxygen atoms in total. The zero-order chi connectivity index (χ0) is 13.7. The monoisotopic (exact) mass is 325 g/mol. The molecule has 0 saturated carbocycles. The molecule has 2 rings (SSSR count). The molecule has 1 aliphatic rings. The molecule has 0 spiro atoms. The summed E-state index contributed by atoms with van der Waals surface area (Å²) in [6.07, 6.45) is 1.30. The fourth-order valence-electron chi connectivity index (χ4n) is 2.38. The number of benzene rings is 1. The number of carbonyl (C=O) groups excluding carboxylic acids is 1. The van der Waals surface area contributed by atoms with Crippen LogP contribution in [0.4, 0.5) is 0 Å². The Morgan fingerprint density at radius 1 is 1.53 bits per heavy atom. The summed E-state index contributed by atoms with van der Waals surface area (Å²) in [7, 11) is 0. The Labute approximate surface area is 123 Å². The van der Waals surface area contributed by atoms with Crippen LogP contribution in [0, 0.1) is 0 Å². The molecule has 0 aliphatic carbocycles. The molecule has 1 aliphatic heterocycles. The Bertz CT molecular complexity index is 434. The van der Waals surface area contributed by atoms with E-state index in [1.165, 1.54) is 0 Å². The van der Waals surface area contributed by atoms with Gasteiger partial charge in [0.25, 0.3) is 0 Å². The van der Waals surface area contributed by atoms with E-state index in [0.29, 0.717) is 13.0 Å². The van der Waals surface area contributed by atoms with Gasteiger partial charge in [-0.05, 0) is 30.7 Å². The summed E-state index contributed by atoms with van der Waals surface area (Å²) in [4.78, 5) is 14.6. The van der Waals surface area contributed by atoms with E-state index >= 15 is 0 Å². The molecule has 0 bridgehead atoms. The molecule has 1 saturated heterocycles. The van der Waals surface area contributed by atoms with Crippen molar-refractivity contribution < 1.29 is 9.53 Å². The first-order valence-corrected chi connectivity index (χ1v) is 7.59. The highest BCUT2D eigenvalue weighted by atomic mass is 79.9. The second-order valence-corrected chi connectivity index (χ2v) is 5.85. The van der Waals surface area contributed by atoms with Gasteiger partial charge in [0.15, 0.2) is 5.78 Å². The maximum Gasteiger partial charge on any atom is 0.167 e. The van der Waals surface area contributed by atoms with Crippen LogP contribution in [0.2, 0.25) is 0 Å². The van der Waals surface area contributed by atoms with Crippen molar-refractivity contribution in [1.29, 1.82) is 0 Å². The fraction of sp³-hybridized carbons (Fsp3) is 0.533. The van der Waals surface area contributed by atoms with Crippen LogP contribution >= 0.6 is 15.9 Å². The topological polar surface area (TPSA) is 29.5 Å². The maximum atomic E-state index is 12.3. The Morgan fingerprint density at radius 2 is 2.37 bits per heavy atom. The third-order valence-corrected chi connectivity index (χ3v) is 3.81. The lowest BCUT2D eigenvalue weighted by Crippen LogP contribution is -2.46. The minimum absolute atomic E-state index is 0.180. The highest BCUT2D eigenvalue weighted by Crippen LogP contribution is 2.14. The van der Waals surface area contributed by atoms with Crippen molar-refractivity contribution in [2.45, 2.75) is 25.9 Å². The minimum atomic E-state index is -0.265. The summed E-state index contributed by atoms with van der Waals surface area (Å²) >= 11 is 3.43. The first-order valence-electron chi connectivity index (χ1n) is 6.80. The second kappa shape index (κ2) is 7.17. The lowest BCUT2D eigenvalue weighted by molar-refractivity contribution is -0.135. The third-order valence-electron chi connectivity index (χ3n) is 3.32. The number of ketones is 1. The summed E-state index contributed by atoms with van der Waals surface area (Å²) in [5.74, 6) is 0.180. The van der Waals surface area contributed by atoms with E-state index in [-0.39, 0.29) is 11.9 Å². The average molecular weight is 326 g/mol. The molecule has 1 aromatic carbocycles. The van der Waals surface area contributed by atoms with Crippen molar-refractivity contribution in [1.82, 2.24) is 4.90 Å². The maximum absolute atomic E-state index is 12.3. The van der Waals surface area contributed by atoms with Gasteiger partial charge in [-0.15, -0.1) is 0 Å². The number of hydrogen-bond acceptors (Lipinski definition) is 3. The molecule has 19 heavy (non-hydrogen) atoms. The minimum Gasteiger partial charge on any atom is -0.368 e. The lowest BCUT2D eigenvalue weighted by Gasteiger charge is -2.31. The van der Waals surface area contributed by atoms with Crippen molar-refractivity contribution in [3.63, 3.8) is 0 Å². The molecule has 1 unspecified atom stereocenters. The van der Waals surface area contributed by atoms with Gasteiger partial charge in [-0.2, -0.15) is 0 Å². The van der Waals surface area contributed by atoms with Crippen LogP contribution < -0.4 is 0 Å². The summed E-state index contributed by atoms with van der Waals surface area (Å²) < 4.78 is 6.63. The summed E-state index contributed by atoms with van der Waals surface area (Å²) in [5, 5.41) is 0. The number of Topliss-reactive ketones (excluding diaryl/α,β-unsaturated/α-hetero) is 1. The van der Waals surface area contributed by atoms with Crippen molar-refractivity contribution in [2.75, 3.05) is 26.2 Å². The first-order chi connectivity index (χ1) is 9.19. The van der Waals surface area contributed by atoms with Gasteiger partial charge in [0.1, 0.15) is 6.10 Å². The summed E-state index contributed by atoms with van der Waals surface area (Å²) in [6.45, 7) is 5.54. The van der Waals surface area contributed by atoms with Crippen LogP contribution in [-0.4, -0.2) is 43.0 Å². The number of nitrogens with zero attached hydrogens (tertiary/aromatic N) is 1. The van der Waals surface area contributed by atoms with Gasteiger partial charge in [-0.3, -0.25) is 9.69 Å². The summed E-state index contributed by atoms with van der Waals surface area (Å²) in [6, 6.07) is 7.89. The second-order valence-electron chi connectivity index (χ2n) is 4.93. The van der Waals surface area contributed by atoms with Gasteiger partial charge in [-0.25, -0.2) is 0 Å². The van der Waals surface area contributed by atoms with Gasteiger partial charge in [0.05, 0.1) is 6.61 Å². The van der Waals surface area contributed by atoms with Crippen molar-refractivity contribution >= 4 is 21.7 Å². The van der Waals surface area contributed by atoms with Crippen LogP contribution in [0.3, 0.4) is 0 Å². The molecule has 1 aromatic rings. The lowest BCUT2D eigenvalue weighted by atomic mass is 10.0. The fourth-order valence-corrected chi connectivity index (χ4v) is 2.83. The van der Waals surface area contributed by atoms with Crippen LogP contribution in [-0.2, 0) is 16.0 Å². The molecule has 0 N–H and O–H groups in total. The Balaban J connectivity index is 1.92. The number of halogens is 1. The first kappa shape index (κ1) is 14.7. The zero-order valence-electron chi connectivity index (χ0n) is 11.3. The molecule has 4 heteroatoms. The molecule has 1 fully saturated rings. The van der Waals surface area contributed by atoms with Crippen LogP contribution in [0.1, 0.15) is 18.9 Å². The average Bonchev–Trinajstić information content (AvgIpc) is 2.39. The molecule has 104 valence electrons. The number of hydrogen-bond donors (Lipinski definition) is 0. The van der Waals surface area contributed by atoms with Gasteiger partial charge < -0.3 is 4.74 Å². The highest BCUT2D eigenvalue weighted by Gasteiger charge is 2.25. The van der Waals surface area contributed by atoms with Crippen molar-refractivity contribution in [2.24, 2.45) is 0 Å². The van der Waals surface area contributed by atoms with Crippen molar-refractivity contribution in [3.8, 4) is 0 Å². The Kier molecular flexibility index (Phi) is 5.55. The molecule has 0 aromatic heterocycles. The molecule has 0 amide bonds. The third kappa shape index (κ3) is 4.41. The van der Waals surface area contributed by atoms with Crippen LogP contribution in [0.5, 0.6) is 0 Å². The van der Waals surface area contributed by atoms with Gasteiger partial charge in [0.2, 0.25) is 0 Å². The molecular weight excluding hydrogens is 306 g/mol. The van der Waals surface area contributed by atoms with E-state index in [4.69, 9.17) is 4.74 Å². The van der Waals surface area contributed by atoms with E-state index in [1.807, 2.05) is 24.3 Å². The zero-order valence-corrected chi connectivity index (χ0v) is 12.9. The molecule has 1 atom stereocenters. The SMILES string of the molecule is CCCN1CCOC(C(=O)Cc2cccc(Br)c2)C1. The van der Waals surface area contributed by atoms with E-state index in [1.54, 1.807) is 0 Å². The van der Waals surface area contributed by atoms with Gasteiger partial charge in [0, 0.05) is 24.0 Å². The molecule has 0 radical (unpaired) electrons. The predicted molar refractivity (Wildman–Crippen MR) is 79.3 cm³/mol. The van der Waals surface area contributed by atoms with Crippen LogP contribution in [0.25, 0.3) is 0 Å². The smallest absolute Gasteiger partial charge is 0.167 e. The largest absolute Gasteiger partial charge is 0.368 e. The Hall–Kier alpha value is -0.710.